The summed E-state index contributed by atoms with van der Waals surface area (Å²) in [6.07, 6.45) is 1.16. The molecule has 1 saturated heterocycles. The fourth-order valence-corrected chi connectivity index (χ4v) is 6.88. The first kappa shape index (κ1) is 31.1. The molecular formula is C29H38Cl2N4O6. The van der Waals surface area contributed by atoms with Crippen molar-refractivity contribution >= 4 is 52.8 Å². The molecule has 5 atom stereocenters. The average molecular weight is 610 g/mol. The number of likely N-dealkylation sites (tertiary alicyclic amines) is 1. The Morgan fingerprint density at radius 2 is 1.68 bits per heavy atom. The molecule has 1 heterocycles. The number of halogens is 2. The zero-order valence-corrected chi connectivity index (χ0v) is 25.5. The van der Waals surface area contributed by atoms with Gasteiger partial charge < -0.3 is 25.6 Å². The van der Waals surface area contributed by atoms with E-state index in [-0.39, 0.29) is 24.8 Å². The maximum Gasteiger partial charge on any atom is 0.408 e. The van der Waals surface area contributed by atoms with Gasteiger partial charge in [0.15, 0.2) is 0 Å². The molecule has 3 aliphatic rings. The molecule has 4 amide bonds. The van der Waals surface area contributed by atoms with E-state index in [1.165, 1.54) is 11.9 Å². The first-order valence-corrected chi connectivity index (χ1v) is 14.8. The van der Waals surface area contributed by atoms with Crippen LogP contribution >= 0.6 is 23.2 Å². The summed E-state index contributed by atoms with van der Waals surface area (Å²) < 4.78 is 4.27. The number of carbonyl (C=O) groups excluding carboxylic acids is 5. The van der Waals surface area contributed by atoms with Crippen LogP contribution in [0.1, 0.15) is 51.7 Å². The van der Waals surface area contributed by atoms with Crippen molar-refractivity contribution in [3.8, 4) is 0 Å². The molecule has 1 saturated carbocycles. The number of hydrogen-bond acceptors (Lipinski definition) is 6. The number of nitrogens with one attached hydrogen (secondary N) is 3. The highest BCUT2D eigenvalue weighted by molar-refractivity contribution is 6.51. The summed E-state index contributed by atoms with van der Waals surface area (Å²) in [5.41, 5.74) is 1.40. The van der Waals surface area contributed by atoms with Crippen molar-refractivity contribution in [1.29, 1.82) is 0 Å². The van der Waals surface area contributed by atoms with Gasteiger partial charge in [-0.1, -0.05) is 37.6 Å². The zero-order chi connectivity index (χ0) is 30.3. The minimum absolute atomic E-state index is 0.114. The Labute approximate surface area is 250 Å². The van der Waals surface area contributed by atoms with Gasteiger partial charge in [-0.2, -0.15) is 0 Å². The van der Waals surface area contributed by atoms with Crippen LogP contribution in [0, 0.1) is 17.8 Å². The molecule has 0 aromatic heterocycles. The molecule has 0 radical (unpaired) electrons. The summed E-state index contributed by atoms with van der Waals surface area (Å²) in [6, 6.07) is 4.73. The summed E-state index contributed by atoms with van der Waals surface area (Å²) >= 11 is 13.0. The lowest BCUT2D eigenvalue weighted by Gasteiger charge is -2.35. The Hall–Kier alpha value is -2.85. The highest BCUT2D eigenvalue weighted by Gasteiger charge is 2.74. The summed E-state index contributed by atoms with van der Waals surface area (Å²) in [4.78, 5) is 66.9. The van der Waals surface area contributed by atoms with E-state index in [0.717, 1.165) is 11.1 Å². The van der Waals surface area contributed by atoms with E-state index in [2.05, 4.69) is 16.0 Å². The van der Waals surface area contributed by atoms with Crippen molar-refractivity contribution in [3.63, 3.8) is 0 Å². The number of likely N-dealkylation sites (N-methyl/N-ethyl adjacent to an activating group) is 1. The fourth-order valence-electron chi connectivity index (χ4n) is 6.05. The van der Waals surface area contributed by atoms with Crippen LogP contribution in [0.5, 0.6) is 0 Å². The molecular weight excluding hydrogens is 571 g/mol. The third kappa shape index (κ3) is 6.48. The standard InChI is InChI=1S/C29H38Cl2N4O6/c1-6-9-19(23(36)25(38)32-5)33-24(37)22-20-18(29(20,30)31)14-35(22)26(39)21(34-27(40)41-28(2,3)4)17-12-15-10-7-8-11-16(15)13-17/h7-8,10-11,17-22H,6,9,12-14H2,1-5H3,(H,32,38)(H,33,37)(H,34,40)/t18-,19-,20-,21-,22-/m0/s1. The number of nitrogens with zero attached hydrogens (tertiary/aromatic N) is 1. The van der Waals surface area contributed by atoms with Crippen LogP contribution in [-0.4, -0.2) is 76.2 Å². The molecule has 2 fully saturated rings. The molecule has 41 heavy (non-hydrogen) atoms. The largest absolute Gasteiger partial charge is 0.444 e. The predicted octanol–water partition coefficient (Wildman–Crippen LogP) is 2.53. The molecule has 10 nitrogen and oxygen atoms in total. The van der Waals surface area contributed by atoms with Gasteiger partial charge in [-0.15, -0.1) is 23.2 Å². The number of carbonyl (C=O) groups is 5. The lowest BCUT2D eigenvalue weighted by Crippen LogP contribution is -2.60. The van der Waals surface area contributed by atoms with Crippen molar-refractivity contribution in [2.24, 2.45) is 17.8 Å². The normalized spacial score (nSPS) is 24.0. The lowest BCUT2D eigenvalue weighted by atomic mass is 9.94. The number of piperidine rings is 1. The van der Waals surface area contributed by atoms with E-state index >= 15 is 0 Å². The van der Waals surface area contributed by atoms with Crippen LogP contribution < -0.4 is 16.0 Å². The third-order valence-corrected chi connectivity index (χ3v) is 9.10. The van der Waals surface area contributed by atoms with E-state index in [1.54, 1.807) is 20.8 Å². The van der Waals surface area contributed by atoms with Gasteiger partial charge in [0.1, 0.15) is 22.0 Å². The average Bonchev–Trinajstić information content (AvgIpc) is 3.28. The van der Waals surface area contributed by atoms with Gasteiger partial charge in [-0.05, 0) is 57.1 Å². The second kappa shape index (κ2) is 11.8. The Morgan fingerprint density at radius 3 is 2.22 bits per heavy atom. The van der Waals surface area contributed by atoms with Gasteiger partial charge in [-0.3, -0.25) is 19.2 Å². The van der Waals surface area contributed by atoms with Crippen molar-refractivity contribution in [1.82, 2.24) is 20.9 Å². The summed E-state index contributed by atoms with van der Waals surface area (Å²) in [7, 11) is 1.34. The Balaban J connectivity index is 1.60. The van der Waals surface area contributed by atoms with Gasteiger partial charge in [0.05, 0.1) is 6.04 Å². The van der Waals surface area contributed by atoms with Crippen LogP contribution in [0.4, 0.5) is 4.79 Å². The van der Waals surface area contributed by atoms with Gasteiger partial charge in [0.25, 0.3) is 5.91 Å². The number of amides is 4. The van der Waals surface area contributed by atoms with E-state index in [4.69, 9.17) is 27.9 Å². The number of rotatable bonds is 9. The van der Waals surface area contributed by atoms with Gasteiger partial charge >= 0.3 is 6.09 Å². The number of ether oxygens (including phenoxy) is 1. The van der Waals surface area contributed by atoms with Gasteiger partial charge in [-0.25, -0.2) is 4.79 Å². The number of benzene rings is 1. The van der Waals surface area contributed by atoms with Crippen molar-refractivity contribution in [3.05, 3.63) is 35.4 Å². The number of alkyl carbamates (subject to hydrolysis) is 1. The smallest absolute Gasteiger partial charge is 0.408 e. The molecule has 0 unspecified atom stereocenters. The third-order valence-electron chi connectivity index (χ3n) is 8.04. The number of hydrogen-bond donors (Lipinski definition) is 3. The second-order valence-electron chi connectivity index (χ2n) is 12.1. The molecule has 12 heteroatoms. The van der Waals surface area contributed by atoms with Crippen LogP contribution in [0.15, 0.2) is 24.3 Å². The van der Waals surface area contributed by atoms with E-state index in [0.29, 0.717) is 19.3 Å². The molecule has 4 rings (SSSR count). The Bertz CT molecular complexity index is 1210. The van der Waals surface area contributed by atoms with Crippen molar-refractivity contribution in [2.45, 2.75) is 81.4 Å². The number of Topliss-reactive ketones (excluding diaryl/α,β-unsaturated/α-hetero) is 1. The van der Waals surface area contributed by atoms with Crippen LogP contribution in [-0.2, 0) is 36.8 Å². The summed E-state index contributed by atoms with van der Waals surface area (Å²) in [6.45, 7) is 7.14. The number of alkyl halides is 2. The minimum Gasteiger partial charge on any atom is -0.444 e. The molecule has 0 spiro atoms. The molecule has 1 aromatic rings. The van der Waals surface area contributed by atoms with Crippen molar-refractivity contribution < 1.29 is 28.7 Å². The van der Waals surface area contributed by atoms with E-state index < -0.39 is 63.6 Å². The molecule has 1 aromatic carbocycles. The molecule has 1 aliphatic heterocycles. The van der Waals surface area contributed by atoms with Gasteiger partial charge in [0.2, 0.25) is 17.6 Å². The fraction of sp³-hybridized carbons (Fsp3) is 0.621. The number of fused-ring (bicyclic) bond motifs is 2. The molecule has 224 valence electrons. The van der Waals surface area contributed by atoms with Gasteiger partial charge in [0, 0.05) is 25.4 Å². The predicted molar refractivity (Wildman–Crippen MR) is 153 cm³/mol. The quantitative estimate of drug-likeness (QED) is 0.291. The Kier molecular flexibility index (Phi) is 8.95. The van der Waals surface area contributed by atoms with E-state index in [9.17, 15) is 24.0 Å². The first-order valence-electron chi connectivity index (χ1n) is 14.0. The first-order chi connectivity index (χ1) is 19.2. The van der Waals surface area contributed by atoms with E-state index in [1.807, 2.05) is 31.2 Å². The lowest BCUT2D eigenvalue weighted by molar-refractivity contribution is -0.144. The van der Waals surface area contributed by atoms with Crippen molar-refractivity contribution in [2.75, 3.05) is 13.6 Å². The summed E-state index contributed by atoms with van der Waals surface area (Å²) in [5.74, 6) is -3.85. The highest BCUT2D eigenvalue weighted by atomic mass is 35.5. The molecule has 0 bridgehead atoms. The van der Waals surface area contributed by atoms with Crippen LogP contribution in [0.3, 0.4) is 0 Å². The monoisotopic (exact) mass is 608 g/mol. The highest BCUT2D eigenvalue weighted by Crippen LogP contribution is 2.65. The SMILES string of the molecule is CCC[C@H](NC(=O)[C@@H]1[C@@H]2[C@H](CN1C(=O)[C@@H](NC(=O)OC(C)(C)C)C1Cc3ccccc3C1)C2(Cl)Cl)C(=O)C(=O)NC. The topological polar surface area (TPSA) is 134 Å². The molecule has 3 N–H and O–H groups in total. The van der Waals surface area contributed by atoms with Crippen LogP contribution in [0.25, 0.3) is 0 Å². The zero-order valence-electron chi connectivity index (χ0n) is 24.0. The Morgan fingerprint density at radius 1 is 1.07 bits per heavy atom. The second-order valence-corrected chi connectivity index (χ2v) is 13.5. The number of ketones is 1. The molecule has 2 aliphatic carbocycles. The van der Waals surface area contributed by atoms with Crippen LogP contribution in [0.2, 0.25) is 0 Å². The minimum atomic E-state index is -1.21. The summed E-state index contributed by atoms with van der Waals surface area (Å²) in [5, 5.41) is 7.75. The maximum atomic E-state index is 14.2. The maximum absolute atomic E-state index is 14.2.